The van der Waals surface area contributed by atoms with Crippen molar-refractivity contribution in [3.63, 3.8) is 0 Å². The molecule has 1 aliphatic rings. The van der Waals surface area contributed by atoms with Crippen LogP contribution < -0.4 is 16.4 Å². The molecular formula is C11H16N4O. The molecule has 0 spiro atoms. The van der Waals surface area contributed by atoms with Crippen LogP contribution in [-0.4, -0.2) is 24.0 Å². The summed E-state index contributed by atoms with van der Waals surface area (Å²) in [5.41, 5.74) is 12.8. The number of carbonyl (C=O) groups is 1. The molecule has 0 unspecified atom stereocenters. The van der Waals surface area contributed by atoms with Crippen LogP contribution in [0.5, 0.6) is 0 Å². The number of pyridine rings is 1. The molecule has 0 aliphatic carbocycles. The molecule has 1 aromatic rings. The number of hydrogen-bond acceptors (Lipinski definition) is 4. The van der Waals surface area contributed by atoms with Crippen molar-refractivity contribution >= 4 is 17.3 Å². The van der Waals surface area contributed by atoms with Gasteiger partial charge in [-0.25, -0.2) is 0 Å². The molecule has 0 atom stereocenters. The first kappa shape index (κ1) is 10.7. The Hall–Kier alpha value is -1.78. The van der Waals surface area contributed by atoms with Crippen molar-refractivity contribution in [1.82, 2.24) is 4.98 Å². The number of carbonyl (C=O) groups excluding carboxylic acids is 1. The fourth-order valence-corrected chi connectivity index (χ4v) is 2.09. The Morgan fingerprint density at radius 1 is 1.44 bits per heavy atom. The second-order valence-electron chi connectivity index (χ2n) is 4.10. The first-order valence-corrected chi connectivity index (χ1v) is 5.42. The fraction of sp³-hybridized carbons (Fsp3) is 0.455. The molecule has 0 radical (unpaired) electrons. The zero-order valence-corrected chi connectivity index (χ0v) is 9.10. The minimum Gasteiger partial charge on any atom is -0.396 e. The Balaban J connectivity index is 2.05. The van der Waals surface area contributed by atoms with Gasteiger partial charge >= 0.3 is 0 Å². The maximum absolute atomic E-state index is 11.0. The Morgan fingerprint density at radius 3 is 2.69 bits per heavy atom. The molecule has 86 valence electrons. The highest BCUT2D eigenvalue weighted by Crippen LogP contribution is 2.26. The molecule has 1 saturated heterocycles. The van der Waals surface area contributed by atoms with Gasteiger partial charge in [0, 0.05) is 25.2 Å². The minimum atomic E-state index is -0.192. The number of nitrogens with zero attached hydrogens (tertiary/aromatic N) is 2. The van der Waals surface area contributed by atoms with E-state index in [1.54, 1.807) is 12.4 Å². The molecule has 1 fully saturated rings. The second kappa shape index (κ2) is 4.38. The summed E-state index contributed by atoms with van der Waals surface area (Å²) in [6, 6.07) is 1.90. The van der Waals surface area contributed by atoms with Gasteiger partial charge in [0.2, 0.25) is 5.91 Å². The summed E-state index contributed by atoms with van der Waals surface area (Å²) in [5.74, 6) is -0.179. The van der Waals surface area contributed by atoms with Crippen LogP contribution >= 0.6 is 0 Å². The number of primary amides is 1. The maximum Gasteiger partial charge on any atom is 0.220 e. The van der Waals surface area contributed by atoms with E-state index in [9.17, 15) is 4.79 Å². The van der Waals surface area contributed by atoms with E-state index in [1.165, 1.54) is 0 Å². The highest BCUT2D eigenvalue weighted by molar-refractivity contribution is 5.77. The molecule has 0 bridgehead atoms. The Morgan fingerprint density at radius 2 is 2.12 bits per heavy atom. The molecular weight excluding hydrogens is 204 g/mol. The van der Waals surface area contributed by atoms with Crippen LogP contribution in [0.1, 0.15) is 12.8 Å². The molecule has 4 N–H and O–H groups in total. The molecule has 1 aromatic heterocycles. The van der Waals surface area contributed by atoms with Gasteiger partial charge in [-0.15, -0.1) is 0 Å². The summed E-state index contributed by atoms with van der Waals surface area (Å²) in [6.07, 6.45) is 4.98. The molecule has 0 saturated carbocycles. The highest BCUT2D eigenvalue weighted by Gasteiger charge is 2.23. The third-order valence-electron chi connectivity index (χ3n) is 3.07. The second-order valence-corrected chi connectivity index (χ2v) is 4.10. The molecule has 5 nitrogen and oxygen atoms in total. The molecule has 2 heterocycles. The summed E-state index contributed by atoms with van der Waals surface area (Å²) in [4.78, 5) is 17.2. The van der Waals surface area contributed by atoms with Crippen molar-refractivity contribution in [3.8, 4) is 0 Å². The Kier molecular flexibility index (Phi) is 2.94. The lowest BCUT2D eigenvalue weighted by Gasteiger charge is -2.32. The van der Waals surface area contributed by atoms with Crippen LogP contribution in [-0.2, 0) is 4.79 Å². The van der Waals surface area contributed by atoms with Crippen molar-refractivity contribution in [1.29, 1.82) is 0 Å². The van der Waals surface area contributed by atoms with Crippen LogP contribution in [0.2, 0.25) is 0 Å². The molecule has 1 amide bonds. The van der Waals surface area contributed by atoms with Crippen molar-refractivity contribution in [2.45, 2.75) is 12.8 Å². The number of nitrogen functional groups attached to an aromatic ring is 1. The molecule has 16 heavy (non-hydrogen) atoms. The lowest BCUT2D eigenvalue weighted by molar-refractivity contribution is -0.122. The first-order chi connectivity index (χ1) is 7.68. The Bertz CT molecular complexity index is 385. The Labute approximate surface area is 94.4 Å². The molecule has 5 heteroatoms. The van der Waals surface area contributed by atoms with Crippen molar-refractivity contribution in [2.24, 2.45) is 11.7 Å². The van der Waals surface area contributed by atoms with Crippen molar-refractivity contribution < 1.29 is 4.79 Å². The SMILES string of the molecule is NC(=O)C1CCN(c2ccncc2N)CC1. The third kappa shape index (κ3) is 2.08. The highest BCUT2D eigenvalue weighted by atomic mass is 16.1. The van der Waals surface area contributed by atoms with Gasteiger partial charge in [0.05, 0.1) is 17.6 Å². The topological polar surface area (TPSA) is 85.2 Å². The first-order valence-electron chi connectivity index (χ1n) is 5.42. The predicted molar refractivity (Wildman–Crippen MR) is 62.8 cm³/mol. The zero-order valence-electron chi connectivity index (χ0n) is 9.10. The van der Waals surface area contributed by atoms with Crippen molar-refractivity contribution in [3.05, 3.63) is 18.5 Å². The van der Waals surface area contributed by atoms with Crippen LogP contribution in [0, 0.1) is 5.92 Å². The van der Waals surface area contributed by atoms with E-state index in [0.717, 1.165) is 31.6 Å². The van der Waals surface area contributed by atoms with E-state index in [-0.39, 0.29) is 11.8 Å². The summed E-state index contributed by atoms with van der Waals surface area (Å²) < 4.78 is 0. The average Bonchev–Trinajstić information content (AvgIpc) is 2.30. The monoisotopic (exact) mass is 220 g/mol. The lowest BCUT2D eigenvalue weighted by atomic mass is 9.96. The zero-order chi connectivity index (χ0) is 11.5. The van der Waals surface area contributed by atoms with Gasteiger partial charge in [-0.3, -0.25) is 9.78 Å². The van der Waals surface area contributed by atoms with E-state index in [4.69, 9.17) is 11.5 Å². The molecule has 0 aromatic carbocycles. The number of rotatable bonds is 2. The van der Waals surface area contributed by atoms with E-state index >= 15 is 0 Å². The normalized spacial score (nSPS) is 17.4. The standard InChI is InChI=1S/C11H16N4O/c12-9-7-14-4-1-10(9)15-5-2-8(3-6-15)11(13)16/h1,4,7-8H,2-3,5-6,12H2,(H2,13,16). The van der Waals surface area contributed by atoms with E-state index in [2.05, 4.69) is 9.88 Å². The number of hydrogen-bond donors (Lipinski definition) is 2. The predicted octanol–water partition coefficient (Wildman–Crippen LogP) is 0.365. The van der Waals surface area contributed by atoms with E-state index in [1.807, 2.05) is 6.07 Å². The van der Waals surface area contributed by atoms with Crippen molar-refractivity contribution in [2.75, 3.05) is 23.7 Å². The third-order valence-corrected chi connectivity index (χ3v) is 3.07. The van der Waals surface area contributed by atoms with Gasteiger partial charge in [-0.2, -0.15) is 0 Å². The smallest absolute Gasteiger partial charge is 0.220 e. The minimum absolute atomic E-state index is 0.0133. The lowest BCUT2D eigenvalue weighted by Crippen LogP contribution is -2.38. The summed E-state index contributed by atoms with van der Waals surface area (Å²) in [6.45, 7) is 1.64. The molecule has 1 aliphatic heterocycles. The summed E-state index contributed by atoms with van der Waals surface area (Å²) in [5, 5.41) is 0. The molecule has 2 rings (SSSR count). The van der Waals surface area contributed by atoms with Gasteiger partial charge in [0.1, 0.15) is 0 Å². The quantitative estimate of drug-likeness (QED) is 0.753. The van der Waals surface area contributed by atoms with Gasteiger partial charge < -0.3 is 16.4 Å². The van der Waals surface area contributed by atoms with Gasteiger partial charge in [-0.05, 0) is 18.9 Å². The summed E-state index contributed by atoms with van der Waals surface area (Å²) in [7, 11) is 0. The summed E-state index contributed by atoms with van der Waals surface area (Å²) >= 11 is 0. The van der Waals surface area contributed by atoms with Crippen LogP contribution in [0.3, 0.4) is 0 Å². The number of aromatic nitrogens is 1. The average molecular weight is 220 g/mol. The van der Waals surface area contributed by atoms with Crippen LogP contribution in [0.15, 0.2) is 18.5 Å². The number of amides is 1. The van der Waals surface area contributed by atoms with Gasteiger partial charge in [0.15, 0.2) is 0 Å². The maximum atomic E-state index is 11.0. The van der Waals surface area contributed by atoms with Gasteiger partial charge in [-0.1, -0.05) is 0 Å². The van der Waals surface area contributed by atoms with Crippen LogP contribution in [0.4, 0.5) is 11.4 Å². The fourth-order valence-electron chi connectivity index (χ4n) is 2.09. The van der Waals surface area contributed by atoms with E-state index < -0.39 is 0 Å². The largest absolute Gasteiger partial charge is 0.396 e. The van der Waals surface area contributed by atoms with E-state index in [0.29, 0.717) is 5.69 Å². The van der Waals surface area contributed by atoms with Crippen LogP contribution in [0.25, 0.3) is 0 Å². The number of nitrogens with two attached hydrogens (primary N) is 2. The van der Waals surface area contributed by atoms with Gasteiger partial charge in [0.25, 0.3) is 0 Å². The number of piperidine rings is 1. The number of anilines is 2.